The van der Waals surface area contributed by atoms with E-state index in [1.165, 1.54) is 57.8 Å². The Morgan fingerprint density at radius 2 is 1.84 bits per heavy atom. The van der Waals surface area contributed by atoms with Crippen LogP contribution in [0.2, 0.25) is 0 Å². The number of hydrogen-bond donors (Lipinski definition) is 0. The second-order valence-corrected chi connectivity index (χ2v) is 12.0. The van der Waals surface area contributed by atoms with E-state index in [2.05, 4.69) is 30.5 Å². The van der Waals surface area contributed by atoms with Gasteiger partial charge in [-0.25, -0.2) is 4.79 Å². The summed E-state index contributed by atoms with van der Waals surface area (Å²) in [6.45, 7) is 7.67. The van der Waals surface area contributed by atoms with Gasteiger partial charge in [-0.2, -0.15) is 0 Å². The highest BCUT2D eigenvalue weighted by molar-refractivity contribution is 5.09. The Morgan fingerprint density at radius 3 is 2.58 bits per heavy atom. The average molecular weight is 432 g/mol. The van der Waals surface area contributed by atoms with Crippen molar-refractivity contribution in [3.8, 4) is 0 Å². The molecule has 0 saturated heterocycles. The molecule has 4 fully saturated rings. The van der Waals surface area contributed by atoms with Crippen LogP contribution in [0.15, 0.2) is 13.7 Å². The van der Waals surface area contributed by atoms with Gasteiger partial charge in [0, 0.05) is 13.5 Å². The summed E-state index contributed by atoms with van der Waals surface area (Å²) in [7, 11) is 1.90. The number of ether oxygens (including phenoxy) is 1. The minimum absolute atomic E-state index is 0.457. The number of aryl methyl sites for hydroxylation is 1. The molecule has 0 aliphatic heterocycles. The van der Waals surface area contributed by atoms with Crippen molar-refractivity contribution in [1.82, 2.24) is 5.16 Å². The number of methoxy groups -OCH3 is 1. The summed E-state index contributed by atoms with van der Waals surface area (Å²) >= 11 is 0. The third kappa shape index (κ3) is 3.54. The molecule has 1 aromatic rings. The van der Waals surface area contributed by atoms with Crippen molar-refractivity contribution in [2.45, 2.75) is 97.5 Å². The first-order valence-electron chi connectivity index (χ1n) is 12.8. The SMILES string of the molecule is CO[C@@H]1CC[C@@]2(C)C(CC[C@H]3[C@@H]4CC[C@H]([C@H](C)CCc5noc(=O)o5)[C@@]4(C)CC[C@@H]32)C1. The molecule has 1 heterocycles. The molecule has 4 aliphatic rings. The molecule has 5 heteroatoms. The van der Waals surface area contributed by atoms with Gasteiger partial charge in [0.25, 0.3) is 0 Å². The van der Waals surface area contributed by atoms with Crippen LogP contribution in [-0.4, -0.2) is 18.4 Å². The van der Waals surface area contributed by atoms with E-state index in [1.807, 2.05) is 7.11 Å². The van der Waals surface area contributed by atoms with Crippen molar-refractivity contribution >= 4 is 0 Å². The normalized spacial score (nSPS) is 45.5. The molecule has 9 atom stereocenters. The van der Waals surface area contributed by atoms with Gasteiger partial charge < -0.3 is 9.15 Å². The Bertz CT molecular complexity index is 831. The molecule has 5 nitrogen and oxygen atoms in total. The van der Waals surface area contributed by atoms with Crippen LogP contribution in [0.25, 0.3) is 0 Å². The Kier molecular flexibility index (Phi) is 5.64. The van der Waals surface area contributed by atoms with Gasteiger partial charge in [0.15, 0.2) is 0 Å². The van der Waals surface area contributed by atoms with Crippen molar-refractivity contribution in [3.63, 3.8) is 0 Å². The minimum Gasteiger partial charge on any atom is -0.381 e. The molecule has 5 rings (SSSR count). The molecule has 0 aromatic carbocycles. The topological polar surface area (TPSA) is 65.5 Å². The standard InChI is InChI=1S/C26H41NO4/c1-16(5-10-23-27-31-24(28)30-23)20-8-9-21-19-7-6-17-15-18(29-4)11-13-25(17,2)22(19)12-14-26(20,21)3/h16-22H,5-15H2,1-4H3/t16-,17?,18-,19+,20-,21+,22+,25+,26-/m1/s1. The summed E-state index contributed by atoms with van der Waals surface area (Å²) in [4.78, 5) is 11.1. The van der Waals surface area contributed by atoms with Crippen LogP contribution in [0, 0.1) is 46.3 Å². The van der Waals surface area contributed by atoms with Crippen LogP contribution in [0.4, 0.5) is 0 Å². The highest BCUT2D eigenvalue weighted by Crippen LogP contribution is 2.68. The van der Waals surface area contributed by atoms with Gasteiger partial charge in [-0.15, -0.1) is 0 Å². The van der Waals surface area contributed by atoms with Gasteiger partial charge in [0.05, 0.1) is 6.10 Å². The van der Waals surface area contributed by atoms with Gasteiger partial charge in [-0.1, -0.05) is 20.8 Å². The second-order valence-electron chi connectivity index (χ2n) is 12.0. The van der Waals surface area contributed by atoms with E-state index >= 15 is 0 Å². The summed E-state index contributed by atoms with van der Waals surface area (Å²) in [5, 5.41) is 3.76. The molecule has 4 aliphatic carbocycles. The molecule has 1 aromatic heterocycles. The van der Waals surface area contributed by atoms with Crippen molar-refractivity contribution in [2.75, 3.05) is 7.11 Å². The quantitative estimate of drug-likeness (QED) is 0.583. The van der Waals surface area contributed by atoms with Crippen LogP contribution in [0.5, 0.6) is 0 Å². The maximum absolute atomic E-state index is 11.1. The second kappa shape index (κ2) is 8.04. The first kappa shape index (κ1) is 21.7. The van der Waals surface area contributed by atoms with E-state index in [4.69, 9.17) is 9.15 Å². The third-order valence-corrected chi connectivity index (χ3v) is 10.9. The molecule has 0 N–H and O–H groups in total. The van der Waals surface area contributed by atoms with Crippen LogP contribution >= 0.6 is 0 Å². The molecule has 174 valence electrons. The lowest BCUT2D eigenvalue weighted by molar-refractivity contribution is -0.133. The molecular formula is C26H41NO4. The number of rotatable bonds is 5. The number of fused-ring (bicyclic) bond motifs is 5. The van der Waals surface area contributed by atoms with Crippen LogP contribution in [0.1, 0.15) is 90.9 Å². The monoisotopic (exact) mass is 431 g/mol. The molecule has 0 radical (unpaired) electrons. The Labute approximate surface area is 186 Å². The fourth-order valence-electron chi connectivity index (χ4n) is 9.28. The first-order valence-corrected chi connectivity index (χ1v) is 12.8. The van der Waals surface area contributed by atoms with E-state index in [0.29, 0.717) is 35.2 Å². The fourth-order valence-corrected chi connectivity index (χ4v) is 9.28. The number of hydrogen-bond acceptors (Lipinski definition) is 5. The average Bonchev–Trinajstić information content (AvgIpc) is 3.33. The molecule has 31 heavy (non-hydrogen) atoms. The highest BCUT2D eigenvalue weighted by Gasteiger charge is 2.60. The summed E-state index contributed by atoms with van der Waals surface area (Å²) in [5.74, 6) is 4.76. The van der Waals surface area contributed by atoms with Crippen molar-refractivity contribution in [3.05, 3.63) is 16.5 Å². The maximum atomic E-state index is 11.1. The molecule has 1 unspecified atom stereocenters. The Morgan fingerprint density at radius 1 is 1.06 bits per heavy atom. The minimum atomic E-state index is -0.683. The lowest BCUT2D eigenvalue weighted by Gasteiger charge is -2.61. The van der Waals surface area contributed by atoms with E-state index in [0.717, 1.165) is 36.0 Å². The zero-order chi connectivity index (χ0) is 21.8. The van der Waals surface area contributed by atoms with Crippen LogP contribution < -0.4 is 5.82 Å². The van der Waals surface area contributed by atoms with E-state index in [-0.39, 0.29) is 0 Å². The first-order chi connectivity index (χ1) is 14.8. The smallest absolute Gasteiger partial charge is 0.381 e. The lowest BCUT2D eigenvalue weighted by atomic mass is 9.44. The summed E-state index contributed by atoms with van der Waals surface area (Å²) < 4.78 is 15.4. The summed E-state index contributed by atoms with van der Waals surface area (Å²) in [5.41, 5.74) is 1.01. The van der Waals surface area contributed by atoms with E-state index < -0.39 is 5.82 Å². The largest absolute Gasteiger partial charge is 0.542 e. The van der Waals surface area contributed by atoms with E-state index in [9.17, 15) is 4.79 Å². The van der Waals surface area contributed by atoms with Gasteiger partial charge in [0.2, 0.25) is 5.89 Å². The molecule has 0 amide bonds. The van der Waals surface area contributed by atoms with Crippen LogP contribution in [0.3, 0.4) is 0 Å². The third-order valence-electron chi connectivity index (χ3n) is 10.9. The molecule has 0 bridgehead atoms. The van der Waals surface area contributed by atoms with Gasteiger partial charge in [-0.3, -0.25) is 4.52 Å². The Hall–Kier alpha value is -1.10. The molecule has 0 spiro atoms. The van der Waals surface area contributed by atoms with Gasteiger partial charge in [0.1, 0.15) is 0 Å². The van der Waals surface area contributed by atoms with Gasteiger partial charge >= 0.3 is 5.82 Å². The van der Waals surface area contributed by atoms with Crippen molar-refractivity contribution < 1.29 is 13.7 Å². The van der Waals surface area contributed by atoms with Crippen molar-refractivity contribution in [2.24, 2.45) is 46.3 Å². The zero-order valence-corrected chi connectivity index (χ0v) is 19.9. The predicted octanol–water partition coefficient (Wildman–Crippen LogP) is 5.87. The van der Waals surface area contributed by atoms with E-state index in [1.54, 1.807) is 0 Å². The lowest BCUT2D eigenvalue weighted by Crippen LogP contribution is -2.54. The number of nitrogens with zero attached hydrogens (tertiary/aromatic N) is 1. The van der Waals surface area contributed by atoms with Gasteiger partial charge in [-0.05, 0) is 116 Å². The fraction of sp³-hybridized carbons (Fsp3) is 0.923. The highest BCUT2D eigenvalue weighted by atomic mass is 16.6. The number of aromatic nitrogens is 1. The maximum Gasteiger partial charge on any atom is 0.542 e. The van der Waals surface area contributed by atoms with Crippen molar-refractivity contribution in [1.29, 1.82) is 0 Å². The summed E-state index contributed by atoms with van der Waals surface area (Å²) in [6.07, 6.45) is 14.6. The molecule has 4 saturated carbocycles. The van der Waals surface area contributed by atoms with Crippen LogP contribution in [-0.2, 0) is 11.2 Å². The molecular weight excluding hydrogens is 390 g/mol. The summed E-state index contributed by atoms with van der Waals surface area (Å²) in [6, 6.07) is 0. The predicted molar refractivity (Wildman–Crippen MR) is 119 cm³/mol. The Balaban J connectivity index is 1.28. The zero-order valence-electron chi connectivity index (χ0n) is 19.9.